The van der Waals surface area contributed by atoms with Crippen LogP contribution in [-0.4, -0.2) is 9.38 Å². The van der Waals surface area contributed by atoms with Gasteiger partial charge in [0.15, 0.2) is 5.65 Å². The third-order valence-corrected chi connectivity index (χ3v) is 3.08. The molecule has 90 valence electrons. The average molecular weight is 262 g/mol. The maximum absolute atomic E-state index is 12.9. The number of halogens is 2. The molecule has 0 aliphatic rings. The first-order valence-corrected chi connectivity index (χ1v) is 5.71. The lowest BCUT2D eigenvalue weighted by Gasteiger charge is -1.98. The SMILES string of the molecule is Nc1c(Cl)ccn2cc(-c3ccc(F)cc3)nc12. The number of imidazole rings is 1. The molecule has 2 heterocycles. The van der Waals surface area contributed by atoms with Crippen LogP contribution < -0.4 is 5.73 Å². The molecule has 0 aliphatic carbocycles. The summed E-state index contributed by atoms with van der Waals surface area (Å²) in [5.74, 6) is -0.273. The van der Waals surface area contributed by atoms with E-state index in [1.807, 2.05) is 6.20 Å². The van der Waals surface area contributed by atoms with Crippen molar-refractivity contribution in [2.24, 2.45) is 0 Å². The van der Waals surface area contributed by atoms with Gasteiger partial charge in [-0.2, -0.15) is 0 Å². The zero-order chi connectivity index (χ0) is 12.7. The lowest BCUT2D eigenvalue weighted by molar-refractivity contribution is 0.628. The largest absolute Gasteiger partial charge is 0.394 e. The summed E-state index contributed by atoms with van der Waals surface area (Å²) >= 11 is 5.94. The summed E-state index contributed by atoms with van der Waals surface area (Å²) in [6, 6.07) is 7.86. The van der Waals surface area contributed by atoms with Gasteiger partial charge in [0, 0.05) is 18.0 Å². The zero-order valence-corrected chi connectivity index (χ0v) is 10.0. The minimum absolute atomic E-state index is 0.273. The van der Waals surface area contributed by atoms with Crippen LogP contribution in [0.25, 0.3) is 16.9 Å². The third kappa shape index (κ3) is 1.71. The minimum atomic E-state index is -0.273. The molecule has 3 rings (SSSR count). The van der Waals surface area contributed by atoms with Crippen LogP contribution in [0.5, 0.6) is 0 Å². The second-order valence-electron chi connectivity index (χ2n) is 3.94. The molecular formula is C13H9ClFN3. The van der Waals surface area contributed by atoms with E-state index < -0.39 is 0 Å². The Morgan fingerprint density at radius 2 is 1.89 bits per heavy atom. The standard InChI is InChI=1S/C13H9ClFN3/c14-10-5-6-18-7-11(17-13(18)12(10)16)8-1-3-9(15)4-2-8/h1-7H,16H2. The summed E-state index contributed by atoms with van der Waals surface area (Å²) in [4.78, 5) is 4.40. The lowest BCUT2D eigenvalue weighted by atomic mass is 10.2. The highest BCUT2D eigenvalue weighted by molar-refractivity contribution is 6.33. The van der Waals surface area contributed by atoms with Gasteiger partial charge in [-0.1, -0.05) is 11.6 Å². The summed E-state index contributed by atoms with van der Waals surface area (Å²) in [6.07, 6.45) is 3.61. The van der Waals surface area contributed by atoms with Crippen LogP contribution >= 0.6 is 11.6 Å². The molecule has 2 aromatic heterocycles. The topological polar surface area (TPSA) is 43.3 Å². The van der Waals surface area contributed by atoms with Gasteiger partial charge in [-0.25, -0.2) is 9.37 Å². The second-order valence-corrected chi connectivity index (χ2v) is 4.35. The first-order chi connectivity index (χ1) is 8.65. The molecule has 18 heavy (non-hydrogen) atoms. The highest BCUT2D eigenvalue weighted by Crippen LogP contribution is 2.26. The summed E-state index contributed by atoms with van der Waals surface area (Å²) in [6.45, 7) is 0. The smallest absolute Gasteiger partial charge is 0.162 e. The fraction of sp³-hybridized carbons (Fsp3) is 0. The van der Waals surface area contributed by atoms with Crippen LogP contribution in [0.2, 0.25) is 5.02 Å². The van der Waals surface area contributed by atoms with Gasteiger partial charge in [0.05, 0.1) is 16.4 Å². The van der Waals surface area contributed by atoms with E-state index in [4.69, 9.17) is 17.3 Å². The number of hydrogen-bond acceptors (Lipinski definition) is 2. The van der Waals surface area contributed by atoms with Crippen molar-refractivity contribution in [1.29, 1.82) is 0 Å². The summed E-state index contributed by atoms with van der Waals surface area (Å²) in [7, 11) is 0. The number of pyridine rings is 1. The molecule has 0 fully saturated rings. The molecule has 0 aliphatic heterocycles. The Morgan fingerprint density at radius 3 is 2.61 bits per heavy atom. The third-order valence-electron chi connectivity index (χ3n) is 2.75. The number of rotatable bonds is 1. The molecule has 0 atom stereocenters. The van der Waals surface area contributed by atoms with Crippen molar-refractivity contribution in [2.75, 3.05) is 5.73 Å². The van der Waals surface area contributed by atoms with Crippen molar-refractivity contribution >= 4 is 22.9 Å². The molecule has 0 saturated heterocycles. The van der Waals surface area contributed by atoms with Crippen molar-refractivity contribution in [3.63, 3.8) is 0 Å². The predicted octanol–water partition coefficient (Wildman–Crippen LogP) is 3.38. The number of nitrogen functional groups attached to an aromatic ring is 1. The molecule has 0 spiro atoms. The highest BCUT2D eigenvalue weighted by Gasteiger charge is 2.08. The predicted molar refractivity (Wildman–Crippen MR) is 70.0 cm³/mol. The molecule has 0 amide bonds. The maximum Gasteiger partial charge on any atom is 0.162 e. The molecule has 3 nitrogen and oxygen atoms in total. The zero-order valence-electron chi connectivity index (χ0n) is 9.27. The Morgan fingerprint density at radius 1 is 1.17 bits per heavy atom. The molecule has 0 saturated carbocycles. The Hall–Kier alpha value is -2.07. The van der Waals surface area contributed by atoms with E-state index in [1.165, 1.54) is 12.1 Å². The van der Waals surface area contributed by atoms with Crippen LogP contribution in [0.1, 0.15) is 0 Å². The summed E-state index contributed by atoms with van der Waals surface area (Å²) < 4.78 is 14.7. The fourth-order valence-corrected chi connectivity index (χ4v) is 1.95. The number of nitrogens with two attached hydrogens (primary N) is 1. The van der Waals surface area contributed by atoms with E-state index in [1.54, 1.807) is 28.8 Å². The molecule has 0 radical (unpaired) electrons. The normalized spacial score (nSPS) is 11.0. The van der Waals surface area contributed by atoms with Gasteiger partial charge in [0.25, 0.3) is 0 Å². The molecule has 1 aromatic carbocycles. The fourth-order valence-electron chi connectivity index (χ4n) is 1.81. The van der Waals surface area contributed by atoms with E-state index in [-0.39, 0.29) is 5.82 Å². The summed E-state index contributed by atoms with van der Waals surface area (Å²) in [5, 5.41) is 0.471. The van der Waals surface area contributed by atoms with Crippen molar-refractivity contribution in [2.45, 2.75) is 0 Å². The number of fused-ring (bicyclic) bond motifs is 1. The first-order valence-electron chi connectivity index (χ1n) is 5.34. The van der Waals surface area contributed by atoms with Crippen molar-refractivity contribution < 1.29 is 4.39 Å². The van der Waals surface area contributed by atoms with Crippen LogP contribution in [0.3, 0.4) is 0 Å². The highest BCUT2D eigenvalue weighted by atomic mass is 35.5. The van der Waals surface area contributed by atoms with E-state index in [0.29, 0.717) is 16.4 Å². The van der Waals surface area contributed by atoms with E-state index >= 15 is 0 Å². The lowest BCUT2D eigenvalue weighted by Crippen LogP contribution is -1.92. The van der Waals surface area contributed by atoms with Gasteiger partial charge < -0.3 is 10.1 Å². The second kappa shape index (κ2) is 3.99. The minimum Gasteiger partial charge on any atom is -0.394 e. The molecular weight excluding hydrogens is 253 g/mol. The van der Waals surface area contributed by atoms with Crippen LogP contribution in [-0.2, 0) is 0 Å². The van der Waals surface area contributed by atoms with Gasteiger partial charge in [0.1, 0.15) is 5.82 Å². The summed E-state index contributed by atoms with van der Waals surface area (Å²) in [5.41, 5.74) is 8.45. The Kier molecular flexibility index (Phi) is 2.45. The Balaban J connectivity index is 2.19. The van der Waals surface area contributed by atoms with Gasteiger partial charge >= 0.3 is 0 Å². The van der Waals surface area contributed by atoms with Crippen molar-refractivity contribution in [3.8, 4) is 11.3 Å². The van der Waals surface area contributed by atoms with Crippen LogP contribution in [0, 0.1) is 5.82 Å². The number of hydrogen-bond donors (Lipinski definition) is 1. The average Bonchev–Trinajstić information content (AvgIpc) is 2.80. The number of anilines is 1. The van der Waals surface area contributed by atoms with E-state index in [9.17, 15) is 4.39 Å². The van der Waals surface area contributed by atoms with Crippen LogP contribution in [0.15, 0.2) is 42.7 Å². The van der Waals surface area contributed by atoms with E-state index in [2.05, 4.69) is 4.98 Å². The Bertz CT molecular complexity index is 719. The van der Waals surface area contributed by atoms with Gasteiger partial charge in [-0.05, 0) is 30.3 Å². The first kappa shape index (κ1) is 11.0. The van der Waals surface area contributed by atoms with Crippen molar-refractivity contribution in [1.82, 2.24) is 9.38 Å². The van der Waals surface area contributed by atoms with Gasteiger partial charge in [-0.3, -0.25) is 0 Å². The van der Waals surface area contributed by atoms with Crippen LogP contribution in [0.4, 0.5) is 10.1 Å². The molecule has 5 heteroatoms. The molecule has 0 unspecified atom stereocenters. The van der Waals surface area contributed by atoms with Crippen molar-refractivity contribution in [3.05, 3.63) is 53.6 Å². The maximum atomic E-state index is 12.9. The number of benzene rings is 1. The molecule has 2 N–H and O–H groups in total. The number of aromatic nitrogens is 2. The Labute approximate surface area is 108 Å². The quantitative estimate of drug-likeness (QED) is 0.730. The number of nitrogens with zero attached hydrogens (tertiary/aromatic N) is 2. The molecule has 0 bridgehead atoms. The molecule has 3 aromatic rings. The van der Waals surface area contributed by atoms with Gasteiger partial charge in [-0.15, -0.1) is 0 Å². The van der Waals surface area contributed by atoms with Gasteiger partial charge in [0.2, 0.25) is 0 Å². The monoisotopic (exact) mass is 261 g/mol. The van der Waals surface area contributed by atoms with E-state index in [0.717, 1.165) is 11.3 Å².